The minimum absolute atomic E-state index is 0.170. The summed E-state index contributed by atoms with van der Waals surface area (Å²) < 4.78 is 46.0. The minimum atomic E-state index is -4.65. The van der Waals surface area contributed by atoms with Crippen LogP contribution in [0.15, 0.2) is 47.7 Å². The van der Waals surface area contributed by atoms with E-state index in [0.29, 0.717) is 22.0 Å². The van der Waals surface area contributed by atoms with E-state index < -0.39 is 23.6 Å². The van der Waals surface area contributed by atoms with E-state index in [1.54, 1.807) is 32.0 Å². The van der Waals surface area contributed by atoms with Gasteiger partial charge < -0.3 is 9.84 Å². The van der Waals surface area contributed by atoms with E-state index in [-0.39, 0.29) is 6.42 Å². The summed E-state index contributed by atoms with van der Waals surface area (Å²) in [7, 11) is 1.44. The van der Waals surface area contributed by atoms with Crippen molar-refractivity contribution in [2.75, 3.05) is 7.11 Å². The van der Waals surface area contributed by atoms with Gasteiger partial charge in [0, 0.05) is 24.2 Å². The third-order valence-corrected chi connectivity index (χ3v) is 4.76. The first-order valence-electron chi connectivity index (χ1n) is 8.58. The third kappa shape index (κ3) is 5.45. The van der Waals surface area contributed by atoms with Gasteiger partial charge in [0.15, 0.2) is 0 Å². The Labute approximate surface area is 167 Å². The van der Waals surface area contributed by atoms with Crippen molar-refractivity contribution in [3.05, 3.63) is 53.3 Å². The molecule has 2 aromatic rings. The van der Waals surface area contributed by atoms with Gasteiger partial charge in [-0.2, -0.15) is 13.2 Å². The molecular formula is C20H22ClF3N2O2. The summed E-state index contributed by atoms with van der Waals surface area (Å²) in [4.78, 5) is 7.65. The number of para-hydroxylation sites is 1. The van der Waals surface area contributed by atoms with E-state index in [4.69, 9.17) is 16.3 Å². The molecule has 0 fully saturated rings. The molecule has 0 spiro atoms. The van der Waals surface area contributed by atoms with Gasteiger partial charge in [0.05, 0.1) is 23.9 Å². The number of halogens is 4. The molecule has 0 saturated carbocycles. The summed E-state index contributed by atoms with van der Waals surface area (Å²) in [5.74, 6) is -1.74. The van der Waals surface area contributed by atoms with Crippen LogP contribution < -0.4 is 4.74 Å². The van der Waals surface area contributed by atoms with Crippen molar-refractivity contribution in [2.45, 2.75) is 38.0 Å². The van der Waals surface area contributed by atoms with Crippen molar-refractivity contribution in [3.63, 3.8) is 0 Å². The average molecular weight is 415 g/mol. The number of nitrogens with zero attached hydrogens (tertiary/aromatic N) is 2. The van der Waals surface area contributed by atoms with Gasteiger partial charge in [-0.25, -0.2) is 0 Å². The molecule has 0 saturated heterocycles. The normalized spacial score (nSPS) is 14.9. The van der Waals surface area contributed by atoms with Gasteiger partial charge in [-0.15, -0.1) is 0 Å². The number of rotatable bonds is 7. The molecule has 2 rings (SSSR count). The van der Waals surface area contributed by atoms with Gasteiger partial charge in [0.25, 0.3) is 0 Å². The fraction of sp³-hybridized carbons (Fsp3) is 0.400. The Morgan fingerprint density at radius 3 is 2.43 bits per heavy atom. The predicted molar refractivity (Wildman–Crippen MR) is 104 cm³/mol. The van der Waals surface area contributed by atoms with Crippen LogP contribution in [-0.2, 0) is 5.41 Å². The lowest BCUT2D eigenvalue weighted by Gasteiger charge is -2.32. The van der Waals surface area contributed by atoms with Crippen LogP contribution in [-0.4, -0.2) is 35.7 Å². The quantitative estimate of drug-likeness (QED) is 0.621. The number of aromatic nitrogens is 1. The lowest BCUT2D eigenvalue weighted by Crippen LogP contribution is -2.39. The molecule has 0 aliphatic rings. The number of hydrogen-bond donors (Lipinski definition) is 1. The minimum Gasteiger partial charge on any atom is -0.495 e. The van der Waals surface area contributed by atoms with Crippen molar-refractivity contribution in [3.8, 4) is 5.75 Å². The van der Waals surface area contributed by atoms with Crippen molar-refractivity contribution in [1.82, 2.24) is 4.98 Å². The molecule has 0 radical (unpaired) electrons. The lowest BCUT2D eigenvalue weighted by atomic mass is 9.77. The third-order valence-electron chi connectivity index (χ3n) is 4.46. The fourth-order valence-electron chi connectivity index (χ4n) is 3.01. The summed E-state index contributed by atoms with van der Waals surface area (Å²) in [5, 5.41) is 10.8. The highest BCUT2D eigenvalue weighted by atomic mass is 35.5. The molecular weight excluding hydrogens is 393 g/mol. The molecule has 2 atom stereocenters. The summed E-state index contributed by atoms with van der Waals surface area (Å²) in [6.45, 7) is 3.47. The molecule has 4 nitrogen and oxygen atoms in total. The second-order valence-corrected chi connectivity index (χ2v) is 7.43. The number of aliphatic hydroxyl groups excluding tert-OH is 1. The summed E-state index contributed by atoms with van der Waals surface area (Å²) in [6, 6.07) is 8.02. The SMILES string of the molecule is COc1c(Cl)cccc1C(C)(C)CC(O)C(C=Nc1ccncc1)C(F)(F)F. The highest BCUT2D eigenvalue weighted by Gasteiger charge is 2.45. The summed E-state index contributed by atoms with van der Waals surface area (Å²) >= 11 is 6.13. The molecule has 1 aromatic carbocycles. The van der Waals surface area contributed by atoms with E-state index in [2.05, 4.69) is 9.98 Å². The predicted octanol–water partition coefficient (Wildman–Crippen LogP) is 5.35. The zero-order valence-corrected chi connectivity index (χ0v) is 16.5. The first-order chi connectivity index (χ1) is 13.1. The highest BCUT2D eigenvalue weighted by Crippen LogP contribution is 2.41. The molecule has 1 aromatic heterocycles. The number of alkyl halides is 3. The van der Waals surface area contributed by atoms with Crippen LogP contribution in [0.3, 0.4) is 0 Å². The van der Waals surface area contributed by atoms with Gasteiger partial charge in [0.1, 0.15) is 11.7 Å². The topological polar surface area (TPSA) is 54.7 Å². The number of hydrogen-bond acceptors (Lipinski definition) is 4. The van der Waals surface area contributed by atoms with Crippen molar-refractivity contribution >= 4 is 23.5 Å². The monoisotopic (exact) mass is 414 g/mol. The zero-order chi connectivity index (χ0) is 20.9. The van der Waals surface area contributed by atoms with E-state index in [1.165, 1.54) is 31.6 Å². The van der Waals surface area contributed by atoms with Crippen LogP contribution in [0.4, 0.5) is 18.9 Å². The van der Waals surface area contributed by atoms with Crippen LogP contribution in [0.5, 0.6) is 5.75 Å². The Morgan fingerprint density at radius 1 is 1.21 bits per heavy atom. The van der Waals surface area contributed by atoms with Gasteiger partial charge in [-0.1, -0.05) is 37.6 Å². The van der Waals surface area contributed by atoms with Crippen molar-refractivity contribution in [2.24, 2.45) is 10.9 Å². The molecule has 1 heterocycles. The molecule has 0 aliphatic carbocycles. The van der Waals surface area contributed by atoms with Gasteiger partial charge in [0.2, 0.25) is 0 Å². The Bertz CT molecular complexity index is 811. The molecule has 28 heavy (non-hydrogen) atoms. The molecule has 0 amide bonds. The van der Waals surface area contributed by atoms with Crippen molar-refractivity contribution in [1.29, 1.82) is 0 Å². The number of aliphatic imine (C=N–C) groups is 1. The molecule has 0 bridgehead atoms. The standard InChI is InChI=1S/C20H22ClF3N2O2/c1-19(2,14-5-4-6-16(21)18(14)28-3)11-17(27)15(20(22,23)24)12-26-13-7-9-25-10-8-13/h4-10,12,15,17,27H,11H2,1-3H3. The van der Waals surface area contributed by atoms with E-state index in [0.717, 1.165) is 6.21 Å². The van der Waals surface area contributed by atoms with E-state index in [9.17, 15) is 18.3 Å². The van der Waals surface area contributed by atoms with Gasteiger partial charge >= 0.3 is 6.18 Å². The van der Waals surface area contributed by atoms with Gasteiger partial charge in [-0.3, -0.25) is 9.98 Å². The Morgan fingerprint density at radius 2 is 1.86 bits per heavy atom. The maximum Gasteiger partial charge on any atom is 0.399 e. The number of ether oxygens (including phenoxy) is 1. The molecule has 152 valence electrons. The Hall–Kier alpha value is -2.12. The van der Waals surface area contributed by atoms with E-state index in [1.807, 2.05) is 0 Å². The summed E-state index contributed by atoms with van der Waals surface area (Å²) in [6.07, 6.45) is -2.92. The van der Waals surface area contributed by atoms with Crippen LogP contribution in [0.2, 0.25) is 5.02 Å². The Kier molecular flexibility index (Phi) is 7.06. The summed E-state index contributed by atoms with van der Waals surface area (Å²) in [5.41, 5.74) is 0.115. The molecule has 2 unspecified atom stereocenters. The van der Waals surface area contributed by atoms with Crippen molar-refractivity contribution < 1.29 is 23.0 Å². The fourth-order valence-corrected chi connectivity index (χ4v) is 3.26. The molecule has 0 aliphatic heterocycles. The van der Waals surface area contributed by atoms with Crippen LogP contribution in [0, 0.1) is 5.92 Å². The first kappa shape index (κ1) is 22.2. The maximum atomic E-state index is 13.6. The second kappa shape index (κ2) is 8.92. The number of pyridine rings is 1. The lowest BCUT2D eigenvalue weighted by molar-refractivity contribution is -0.178. The second-order valence-electron chi connectivity index (χ2n) is 7.03. The maximum absolute atomic E-state index is 13.6. The largest absolute Gasteiger partial charge is 0.495 e. The smallest absolute Gasteiger partial charge is 0.399 e. The number of methoxy groups -OCH3 is 1. The van der Waals surface area contributed by atoms with Crippen LogP contribution in [0.1, 0.15) is 25.8 Å². The van der Waals surface area contributed by atoms with E-state index >= 15 is 0 Å². The average Bonchev–Trinajstić information content (AvgIpc) is 2.61. The van der Waals surface area contributed by atoms with Crippen LogP contribution in [0.25, 0.3) is 0 Å². The number of aliphatic hydroxyl groups is 1. The molecule has 8 heteroatoms. The highest BCUT2D eigenvalue weighted by molar-refractivity contribution is 6.32. The Balaban J connectivity index is 2.29. The van der Waals surface area contributed by atoms with Crippen LogP contribution >= 0.6 is 11.6 Å². The zero-order valence-electron chi connectivity index (χ0n) is 15.7. The number of benzene rings is 1. The molecule has 1 N–H and O–H groups in total. The first-order valence-corrected chi connectivity index (χ1v) is 8.96. The van der Waals surface area contributed by atoms with Gasteiger partial charge in [-0.05, 0) is 30.0 Å².